The van der Waals surface area contributed by atoms with Gasteiger partial charge in [-0.05, 0) is 18.2 Å². The molecule has 0 fully saturated rings. The van der Waals surface area contributed by atoms with Crippen LogP contribution in [0.1, 0.15) is 22.1 Å². The minimum Gasteiger partial charge on any atom is -0.502 e. The molecule has 0 radical (unpaired) electrons. The first-order valence-corrected chi connectivity index (χ1v) is 7.07. The maximum Gasteiger partial charge on any atom is 0.312 e. The second-order valence-electron chi connectivity index (χ2n) is 5.13. The molecule has 1 aliphatic heterocycles. The lowest BCUT2D eigenvalue weighted by atomic mass is 10.0. The van der Waals surface area contributed by atoms with Crippen LogP contribution >= 0.6 is 11.6 Å². The Kier molecular flexibility index (Phi) is 3.57. The Bertz CT molecular complexity index is 824. The van der Waals surface area contributed by atoms with Crippen LogP contribution in [0, 0.1) is 10.1 Å². The number of anilines is 1. The highest BCUT2D eigenvalue weighted by Gasteiger charge is 2.33. The number of hydrogen-bond donors (Lipinski definition) is 2. The Morgan fingerprint density at radius 3 is 2.74 bits per heavy atom. The van der Waals surface area contributed by atoms with Gasteiger partial charge in [0.2, 0.25) is 5.75 Å². The summed E-state index contributed by atoms with van der Waals surface area (Å²) >= 11 is 5.92. The number of para-hydroxylation sites is 1. The number of benzene rings is 2. The fourth-order valence-electron chi connectivity index (χ4n) is 2.59. The summed E-state index contributed by atoms with van der Waals surface area (Å²) in [6.45, 7) is 0. The molecular weight excluding hydrogens is 322 g/mol. The standard InChI is InChI=1S/C15H12ClN3O4/c1-18-14(17-11-5-3-2-4-9(11)15(18)21)10-6-8(16)7-12(13(10)20)19(22)23/h2-7,14,17,20H,1H3. The molecule has 0 bridgehead atoms. The number of carbonyl (C=O) groups excluding carboxylic acids is 1. The van der Waals surface area contributed by atoms with Crippen molar-refractivity contribution in [3.8, 4) is 5.75 Å². The first-order valence-electron chi connectivity index (χ1n) is 6.69. The monoisotopic (exact) mass is 333 g/mol. The summed E-state index contributed by atoms with van der Waals surface area (Å²) in [5.74, 6) is -0.776. The highest BCUT2D eigenvalue weighted by Crippen LogP contribution is 2.41. The van der Waals surface area contributed by atoms with E-state index in [1.807, 2.05) is 0 Å². The van der Waals surface area contributed by atoms with Crippen molar-refractivity contribution in [2.24, 2.45) is 0 Å². The third kappa shape index (κ3) is 2.44. The Morgan fingerprint density at radius 2 is 2.04 bits per heavy atom. The van der Waals surface area contributed by atoms with Crippen molar-refractivity contribution in [1.82, 2.24) is 4.90 Å². The van der Waals surface area contributed by atoms with E-state index in [0.29, 0.717) is 11.3 Å². The van der Waals surface area contributed by atoms with Crippen molar-refractivity contribution in [3.05, 3.63) is 62.7 Å². The third-order valence-electron chi connectivity index (χ3n) is 3.73. The molecule has 1 unspecified atom stereocenters. The summed E-state index contributed by atoms with van der Waals surface area (Å²) in [6, 6.07) is 9.38. The molecule has 1 aliphatic rings. The summed E-state index contributed by atoms with van der Waals surface area (Å²) in [6.07, 6.45) is -0.769. The summed E-state index contributed by atoms with van der Waals surface area (Å²) in [4.78, 5) is 24.1. The molecule has 23 heavy (non-hydrogen) atoms. The fourth-order valence-corrected chi connectivity index (χ4v) is 2.81. The number of fused-ring (bicyclic) bond motifs is 1. The topological polar surface area (TPSA) is 95.7 Å². The molecule has 0 aliphatic carbocycles. The number of nitro benzene ring substituents is 1. The molecule has 1 atom stereocenters. The fraction of sp³-hybridized carbons (Fsp3) is 0.133. The predicted octanol–water partition coefficient (Wildman–Crippen LogP) is 3.15. The van der Waals surface area contributed by atoms with Crippen LogP contribution in [0.25, 0.3) is 0 Å². The van der Waals surface area contributed by atoms with Crippen LogP contribution in [0.5, 0.6) is 5.75 Å². The van der Waals surface area contributed by atoms with E-state index in [1.165, 1.54) is 11.0 Å². The predicted molar refractivity (Wildman–Crippen MR) is 84.7 cm³/mol. The van der Waals surface area contributed by atoms with Crippen LogP contribution in [-0.4, -0.2) is 27.9 Å². The Balaban J connectivity index is 2.13. The highest BCUT2D eigenvalue weighted by molar-refractivity contribution is 6.31. The number of carbonyl (C=O) groups is 1. The number of aromatic hydroxyl groups is 1. The van der Waals surface area contributed by atoms with Crippen LogP contribution in [0.15, 0.2) is 36.4 Å². The molecule has 8 heteroatoms. The van der Waals surface area contributed by atoms with Crippen LogP contribution in [0.3, 0.4) is 0 Å². The highest BCUT2D eigenvalue weighted by atomic mass is 35.5. The second-order valence-corrected chi connectivity index (χ2v) is 5.56. The number of rotatable bonds is 2. The molecule has 0 saturated carbocycles. The van der Waals surface area contributed by atoms with E-state index in [-0.39, 0.29) is 16.5 Å². The molecule has 2 aromatic carbocycles. The van der Waals surface area contributed by atoms with Crippen molar-refractivity contribution in [2.75, 3.05) is 12.4 Å². The van der Waals surface area contributed by atoms with Crippen molar-refractivity contribution < 1.29 is 14.8 Å². The lowest BCUT2D eigenvalue weighted by Gasteiger charge is -2.35. The first-order chi connectivity index (χ1) is 10.9. The van der Waals surface area contributed by atoms with Crippen molar-refractivity contribution in [2.45, 2.75) is 6.17 Å². The number of phenols is 1. The van der Waals surface area contributed by atoms with E-state index in [4.69, 9.17) is 11.6 Å². The third-order valence-corrected chi connectivity index (χ3v) is 3.95. The maximum absolute atomic E-state index is 12.5. The normalized spacial score (nSPS) is 16.7. The zero-order valence-electron chi connectivity index (χ0n) is 12.0. The number of nitrogens with zero attached hydrogens (tertiary/aromatic N) is 2. The van der Waals surface area contributed by atoms with Gasteiger partial charge in [-0.3, -0.25) is 14.9 Å². The molecule has 0 aromatic heterocycles. The average Bonchev–Trinajstić information content (AvgIpc) is 2.52. The van der Waals surface area contributed by atoms with Crippen molar-refractivity contribution >= 4 is 28.9 Å². The number of hydrogen-bond acceptors (Lipinski definition) is 5. The largest absolute Gasteiger partial charge is 0.502 e. The summed E-state index contributed by atoms with van der Waals surface area (Å²) in [7, 11) is 1.54. The van der Waals surface area contributed by atoms with Crippen molar-refractivity contribution in [1.29, 1.82) is 0 Å². The molecule has 2 aromatic rings. The minimum absolute atomic E-state index is 0.103. The van der Waals surface area contributed by atoms with E-state index >= 15 is 0 Å². The van der Waals surface area contributed by atoms with Crippen LogP contribution in [0.4, 0.5) is 11.4 Å². The summed E-state index contributed by atoms with van der Waals surface area (Å²) in [5.41, 5.74) is 0.730. The number of halogens is 1. The smallest absolute Gasteiger partial charge is 0.312 e. The second kappa shape index (κ2) is 5.44. The van der Waals surface area contributed by atoms with Gasteiger partial charge >= 0.3 is 5.69 Å². The van der Waals surface area contributed by atoms with Crippen LogP contribution < -0.4 is 5.32 Å². The number of nitrogens with one attached hydrogen (secondary N) is 1. The quantitative estimate of drug-likeness (QED) is 0.650. The van der Waals surface area contributed by atoms with Gasteiger partial charge in [0.05, 0.1) is 10.5 Å². The van der Waals surface area contributed by atoms with Crippen LogP contribution in [-0.2, 0) is 0 Å². The lowest BCUT2D eigenvalue weighted by Crippen LogP contribution is -2.40. The summed E-state index contributed by atoms with van der Waals surface area (Å²) in [5, 5.41) is 24.4. The molecular formula is C15H12ClN3O4. The molecule has 0 spiro atoms. The van der Waals surface area contributed by atoms with E-state index < -0.39 is 22.5 Å². The number of nitro groups is 1. The SMILES string of the molecule is CN1C(=O)c2ccccc2NC1c1cc(Cl)cc([N+](=O)[O-])c1O. The van der Waals surface area contributed by atoms with Gasteiger partial charge in [0.15, 0.2) is 0 Å². The Labute approximate surface area is 136 Å². The Morgan fingerprint density at radius 1 is 1.35 bits per heavy atom. The molecule has 1 amide bonds. The lowest BCUT2D eigenvalue weighted by molar-refractivity contribution is -0.385. The zero-order valence-corrected chi connectivity index (χ0v) is 12.7. The Hall–Kier alpha value is -2.80. The summed E-state index contributed by atoms with van der Waals surface area (Å²) < 4.78 is 0. The minimum atomic E-state index is -0.769. The molecule has 0 saturated heterocycles. The van der Waals surface area contributed by atoms with Gasteiger partial charge in [0.1, 0.15) is 6.17 Å². The number of phenolic OH excluding ortho intramolecular Hbond substituents is 1. The van der Waals surface area contributed by atoms with Gasteiger partial charge in [0, 0.05) is 29.4 Å². The van der Waals surface area contributed by atoms with E-state index in [2.05, 4.69) is 5.32 Å². The van der Waals surface area contributed by atoms with Crippen LogP contribution in [0.2, 0.25) is 5.02 Å². The van der Waals surface area contributed by atoms with E-state index in [9.17, 15) is 20.0 Å². The number of amides is 1. The molecule has 7 nitrogen and oxygen atoms in total. The maximum atomic E-state index is 12.5. The molecule has 1 heterocycles. The molecule has 3 rings (SSSR count). The molecule has 118 valence electrons. The zero-order chi connectivity index (χ0) is 16.7. The first kappa shape index (κ1) is 15.1. The average molecular weight is 334 g/mol. The van der Waals surface area contributed by atoms with E-state index in [1.54, 1.807) is 31.3 Å². The van der Waals surface area contributed by atoms with Gasteiger partial charge in [-0.1, -0.05) is 23.7 Å². The molecule has 2 N–H and O–H groups in total. The van der Waals surface area contributed by atoms with Gasteiger partial charge in [-0.15, -0.1) is 0 Å². The van der Waals surface area contributed by atoms with E-state index in [0.717, 1.165) is 6.07 Å². The van der Waals surface area contributed by atoms with Crippen molar-refractivity contribution in [3.63, 3.8) is 0 Å². The van der Waals surface area contributed by atoms with Gasteiger partial charge in [-0.2, -0.15) is 0 Å². The van der Waals surface area contributed by atoms with Gasteiger partial charge in [-0.25, -0.2) is 0 Å². The van der Waals surface area contributed by atoms with Gasteiger partial charge < -0.3 is 15.3 Å². The van der Waals surface area contributed by atoms with Gasteiger partial charge in [0.25, 0.3) is 5.91 Å².